The molecule has 1 aromatic carbocycles. The summed E-state index contributed by atoms with van der Waals surface area (Å²) in [5.74, 6) is -0.411. The highest BCUT2D eigenvalue weighted by Gasteiger charge is 2.30. The molecule has 1 aromatic rings. The first kappa shape index (κ1) is 23.6. The van der Waals surface area contributed by atoms with Crippen LogP contribution in [0.2, 0.25) is 0 Å². The Morgan fingerprint density at radius 3 is 2.29 bits per heavy atom. The molecule has 0 radical (unpaired) electrons. The van der Waals surface area contributed by atoms with Gasteiger partial charge in [-0.1, -0.05) is 45.7 Å². The molecular formula is C21H32N2O5. The van der Waals surface area contributed by atoms with Gasteiger partial charge in [-0.3, -0.25) is 9.59 Å². The zero-order valence-corrected chi connectivity index (χ0v) is 17.2. The van der Waals surface area contributed by atoms with Gasteiger partial charge in [-0.15, -0.1) is 0 Å². The fourth-order valence-electron chi connectivity index (χ4n) is 2.70. The highest BCUT2D eigenvalue weighted by atomic mass is 16.5. The topological polar surface area (TPSA) is 108 Å². The number of hydrogen-bond acceptors (Lipinski definition) is 6. The third-order valence-electron chi connectivity index (χ3n) is 4.29. The van der Waals surface area contributed by atoms with Gasteiger partial charge in [0, 0.05) is 0 Å². The average molecular weight is 392 g/mol. The predicted octanol–water partition coefficient (Wildman–Crippen LogP) is 2.99. The van der Waals surface area contributed by atoms with Crippen LogP contribution in [0.3, 0.4) is 0 Å². The summed E-state index contributed by atoms with van der Waals surface area (Å²) >= 11 is 0. The zero-order chi connectivity index (χ0) is 21.1. The molecule has 0 saturated heterocycles. The Morgan fingerprint density at radius 1 is 1.11 bits per heavy atom. The van der Waals surface area contributed by atoms with Crippen molar-refractivity contribution < 1.29 is 23.9 Å². The highest BCUT2D eigenvalue weighted by Crippen LogP contribution is 2.12. The van der Waals surface area contributed by atoms with Crippen LogP contribution in [0.5, 0.6) is 5.75 Å². The number of alkyl carbamates (subject to hydrolysis) is 1. The van der Waals surface area contributed by atoms with Crippen LogP contribution in [0.15, 0.2) is 24.3 Å². The van der Waals surface area contributed by atoms with Crippen LogP contribution in [0.25, 0.3) is 0 Å². The van der Waals surface area contributed by atoms with Crippen LogP contribution >= 0.6 is 0 Å². The summed E-state index contributed by atoms with van der Waals surface area (Å²) in [7, 11) is 1.57. The van der Waals surface area contributed by atoms with Gasteiger partial charge in [0.05, 0.1) is 19.2 Å². The van der Waals surface area contributed by atoms with E-state index in [1.165, 1.54) is 0 Å². The Hall–Kier alpha value is -2.41. The average Bonchev–Trinajstić information content (AvgIpc) is 2.68. The molecule has 0 aliphatic rings. The van der Waals surface area contributed by atoms with Crippen molar-refractivity contribution in [1.82, 2.24) is 5.32 Å². The largest absolute Gasteiger partial charge is 0.497 e. The molecule has 0 saturated carbocycles. The molecule has 0 fully saturated rings. The van der Waals surface area contributed by atoms with E-state index < -0.39 is 29.7 Å². The molecule has 0 aliphatic carbocycles. The number of rotatable bonds is 12. The summed E-state index contributed by atoms with van der Waals surface area (Å²) in [6.07, 6.45) is 1.58. The van der Waals surface area contributed by atoms with Crippen LogP contribution < -0.4 is 15.8 Å². The lowest BCUT2D eigenvalue weighted by atomic mass is 9.94. The quantitative estimate of drug-likeness (QED) is 0.530. The first-order valence-electron chi connectivity index (χ1n) is 9.68. The molecule has 1 rings (SSSR count). The van der Waals surface area contributed by atoms with Gasteiger partial charge in [-0.2, -0.15) is 0 Å². The van der Waals surface area contributed by atoms with Crippen molar-refractivity contribution in [3.8, 4) is 5.75 Å². The summed E-state index contributed by atoms with van der Waals surface area (Å²) < 4.78 is 10.3. The van der Waals surface area contributed by atoms with Crippen LogP contribution in [-0.2, 0) is 20.9 Å². The van der Waals surface area contributed by atoms with E-state index >= 15 is 0 Å². The van der Waals surface area contributed by atoms with Crippen molar-refractivity contribution in [3.05, 3.63) is 29.8 Å². The molecule has 1 amide bonds. The Morgan fingerprint density at radius 2 is 1.75 bits per heavy atom. The number of nitrogens with one attached hydrogen (secondary N) is 1. The summed E-state index contributed by atoms with van der Waals surface area (Å²) in [4.78, 5) is 37.0. The number of methoxy groups -OCH3 is 1. The summed E-state index contributed by atoms with van der Waals surface area (Å²) in [6.45, 7) is 5.88. The number of carbonyl (C=O) groups is 3. The summed E-state index contributed by atoms with van der Waals surface area (Å²) in [5, 5.41) is 2.52. The van der Waals surface area contributed by atoms with E-state index in [1.807, 2.05) is 20.8 Å². The number of Topliss-reactive ketones (excluding diaryl/α,β-unsaturated/α-hetero) is 2. The van der Waals surface area contributed by atoms with E-state index in [9.17, 15) is 14.4 Å². The van der Waals surface area contributed by atoms with Crippen molar-refractivity contribution in [2.75, 3.05) is 7.11 Å². The Labute approximate surface area is 167 Å². The van der Waals surface area contributed by atoms with Crippen molar-refractivity contribution >= 4 is 17.7 Å². The highest BCUT2D eigenvalue weighted by molar-refractivity contribution is 6.41. The van der Waals surface area contributed by atoms with Crippen LogP contribution in [0, 0.1) is 5.92 Å². The molecular weight excluding hydrogens is 360 g/mol. The SMILES string of the molecule is CCCC[C@H](NC(=O)OCc1ccc(OC)cc1)C(=O)C(=O)[C@@H](N)CC(C)C. The first-order valence-corrected chi connectivity index (χ1v) is 9.68. The van der Waals surface area contributed by atoms with Gasteiger partial charge in [-0.05, 0) is 36.5 Å². The maximum atomic E-state index is 12.5. The summed E-state index contributed by atoms with van der Waals surface area (Å²) in [5.41, 5.74) is 6.63. The monoisotopic (exact) mass is 392 g/mol. The third-order valence-corrected chi connectivity index (χ3v) is 4.29. The molecule has 7 nitrogen and oxygen atoms in total. The second kappa shape index (κ2) is 12.1. The normalized spacial score (nSPS) is 12.9. The van der Waals surface area contributed by atoms with Gasteiger partial charge in [0.25, 0.3) is 0 Å². The first-order chi connectivity index (χ1) is 13.3. The van der Waals surface area contributed by atoms with E-state index in [0.29, 0.717) is 25.0 Å². The van der Waals surface area contributed by atoms with Crippen LogP contribution in [0.4, 0.5) is 4.79 Å². The molecule has 3 N–H and O–H groups in total. The van der Waals surface area contributed by atoms with Crippen molar-refractivity contribution in [2.45, 2.75) is 65.1 Å². The molecule has 0 bridgehead atoms. The van der Waals surface area contributed by atoms with Gasteiger partial charge in [0.15, 0.2) is 0 Å². The van der Waals surface area contributed by atoms with Crippen LogP contribution in [-0.4, -0.2) is 36.9 Å². The standard InChI is InChI=1S/C21H32N2O5/c1-5-6-7-18(20(25)19(24)17(22)12-14(2)3)23-21(26)28-13-15-8-10-16(27-4)11-9-15/h8-11,14,17-18H,5-7,12-13,22H2,1-4H3,(H,23,26)/t17-,18-/m0/s1. The third kappa shape index (κ3) is 8.08. The van der Waals surface area contributed by atoms with E-state index in [-0.39, 0.29) is 12.5 Å². The van der Waals surface area contributed by atoms with Gasteiger partial charge >= 0.3 is 6.09 Å². The minimum Gasteiger partial charge on any atom is -0.497 e. The van der Waals surface area contributed by atoms with Gasteiger partial charge in [0.2, 0.25) is 11.6 Å². The van der Waals surface area contributed by atoms with E-state index in [1.54, 1.807) is 31.4 Å². The van der Waals surface area contributed by atoms with E-state index in [0.717, 1.165) is 12.0 Å². The van der Waals surface area contributed by atoms with Crippen molar-refractivity contribution in [3.63, 3.8) is 0 Å². The van der Waals surface area contributed by atoms with Crippen LogP contribution in [0.1, 0.15) is 52.0 Å². The Balaban J connectivity index is 2.66. The molecule has 28 heavy (non-hydrogen) atoms. The number of hydrogen-bond donors (Lipinski definition) is 2. The number of ether oxygens (including phenoxy) is 2. The molecule has 0 heterocycles. The molecule has 0 spiro atoms. The number of amides is 1. The number of benzene rings is 1. The molecule has 0 aliphatic heterocycles. The maximum Gasteiger partial charge on any atom is 0.408 e. The Bertz CT molecular complexity index is 643. The lowest BCUT2D eigenvalue weighted by molar-refractivity contribution is -0.138. The smallest absolute Gasteiger partial charge is 0.408 e. The lowest BCUT2D eigenvalue weighted by Crippen LogP contribution is -2.49. The molecule has 2 atom stereocenters. The maximum absolute atomic E-state index is 12.5. The molecule has 156 valence electrons. The number of unbranched alkanes of at least 4 members (excludes halogenated alkanes) is 1. The van der Waals surface area contributed by atoms with Crippen molar-refractivity contribution in [1.29, 1.82) is 0 Å². The molecule has 7 heteroatoms. The Kier molecular flexibility index (Phi) is 10.2. The second-order valence-electron chi connectivity index (χ2n) is 7.23. The van der Waals surface area contributed by atoms with Gasteiger partial charge in [0.1, 0.15) is 12.4 Å². The number of ketones is 2. The number of nitrogens with two attached hydrogens (primary N) is 1. The minimum atomic E-state index is -0.922. The minimum absolute atomic E-state index is 0.0470. The van der Waals surface area contributed by atoms with E-state index in [4.69, 9.17) is 15.2 Å². The molecule has 0 unspecified atom stereocenters. The second-order valence-corrected chi connectivity index (χ2v) is 7.23. The van der Waals surface area contributed by atoms with Crippen molar-refractivity contribution in [2.24, 2.45) is 11.7 Å². The van der Waals surface area contributed by atoms with E-state index in [2.05, 4.69) is 5.32 Å². The lowest BCUT2D eigenvalue weighted by Gasteiger charge is -2.19. The fourth-order valence-corrected chi connectivity index (χ4v) is 2.70. The predicted molar refractivity (Wildman–Crippen MR) is 107 cm³/mol. The van der Waals surface area contributed by atoms with Gasteiger partial charge < -0.3 is 20.5 Å². The van der Waals surface area contributed by atoms with Gasteiger partial charge in [-0.25, -0.2) is 4.79 Å². The fraction of sp³-hybridized carbons (Fsp3) is 0.571. The number of carbonyl (C=O) groups excluding carboxylic acids is 3. The zero-order valence-electron chi connectivity index (χ0n) is 17.2. The summed E-state index contributed by atoms with van der Waals surface area (Å²) in [6, 6.07) is 5.31. The molecule has 0 aromatic heterocycles.